The monoisotopic (exact) mass is 359 g/mol. The molecule has 0 aliphatic heterocycles. The molecule has 0 bridgehead atoms. The Morgan fingerprint density at radius 1 is 0.542 bits per heavy atom. The van der Waals surface area contributed by atoms with Gasteiger partial charge >= 0.3 is 0 Å². The summed E-state index contributed by atoms with van der Waals surface area (Å²) in [7, 11) is 1.40. The normalized spacial score (nSPS) is 22.5. The van der Waals surface area contributed by atoms with Gasteiger partial charge in [0.2, 0.25) is 0 Å². The average Bonchev–Trinajstić information content (AvgIpc) is 2.56. The van der Waals surface area contributed by atoms with Gasteiger partial charge in [0.15, 0.2) is 0 Å². The van der Waals surface area contributed by atoms with Gasteiger partial charge in [-0.1, -0.05) is 0 Å². The van der Waals surface area contributed by atoms with Gasteiger partial charge in [-0.3, -0.25) is 0 Å². The molecule has 0 aromatic heterocycles. The maximum absolute atomic E-state index is 9.78. The number of likely N-dealkylation sites (N-methyl/N-ethyl adjacent to an activating group) is 1. The zero-order chi connectivity index (χ0) is 19.0. The first kappa shape index (κ1) is 23.6. The fourth-order valence-electron chi connectivity index (χ4n) is 2.06. The van der Waals surface area contributed by atoms with Crippen LogP contribution in [-0.4, -0.2) is 138 Å². The molecule has 0 spiro atoms. The summed E-state index contributed by atoms with van der Waals surface area (Å²) in [6.45, 7) is -2.18. The second-order valence-electron chi connectivity index (χ2n) is 5.82. The van der Waals surface area contributed by atoms with E-state index in [-0.39, 0.29) is 13.1 Å². The molecule has 8 atom stereocenters. The van der Waals surface area contributed by atoms with Gasteiger partial charge in [-0.25, -0.2) is 0 Å². The van der Waals surface area contributed by atoms with Crippen LogP contribution in [0.1, 0.15) is 0 Å². The highest BCUT2D eigenvalue weighted by Gasteiger charge is 2.33. The quantitative estimate of drug-likeness (QED) is 0.159. The molecule has 0 radical (unpaired) electrons. The van der Waals surface area contributed by atoms with E-state index in [2.05, 4.69) is 0 Å². The van der Waals surface area contributed by atoms with E-state index in [1.165, 1.54) is 11.9 Å². The number of hydrogen-bond donors (Lipinski definition) is 10. The summed E-state index contributed by atoms with van der Waals surface area (Å²) in [5.74, 6) is 0. The van der Waals surface area contributed by atoms with Crippen molar-refractivity contribution in [2.75, 3.05) is 33.4 Å². The second kappa shape index (κ2) is 11.2. The summed E-state index contributed by atoms with van der Waals surface area (Å²) >= 11 is 0. The molecule has 0 aliphatic rings. The van der Waals surface area contributed by atoms with E-state index in [0.717, 1.165) is 0 Å². The Morgan fingerprint density at radius 2 is 0.792 bits per heavy atom. The van der Waals surface area contributed by atoms with E-state index in [1.807, 2.05) is 0 Å². The predicted molar refractivity (Wildman–Crippen MR) is 79.7 cm³/mol. The Labute approximate surface area is 139 Å². The minimum Gasteiger partial charge on any atom is -0.394 e. The lowest BCUT2D eigenvalue weighted by Gasteiger charge is -2.31. The van der Waals surface area contributed by atoms with Crippen LogP contribution in [0.25, 0.3) is 0 Å². The Bertz CT molecular complexity index is 306. The standard InChI is InChI=1S/C13H29NO10/c1-14(2-6(17)10(21)12(23)8(19)4-15)3-7(18)11(22)13(24)9(20)5-16/h6-13,15-24H,2-5H2,1H3/t6-,7-,8+,9+,10+,11+,12+,13+/m0/s1. The van der Waals surface area contributed by atoms with Crippen LogP contribution in [-0.2, 0) is 0 Å². The molecule has 0 fully saturated rings. The van der Waals surface area contributed by atoms with Gasteiger partial charge < -0.3 is 56.0 Å². The largest absolute Gasteiger partial charge is 0.394 e. The third-order valence-corrected chi connectivity index (χ3v) is 3.65. The molecule has 0 aromatic rings. The van der Waals surface area contributed by atoms with E-state index in [1.54, 1.807) is 0 Å². The number of aliphatic hydroxyl groups is 10. The van der Waals surface area contributed by atoms with Gasteiger partial charge in [0, 0.05) is 13.1 Å². The van der Waals surface area contributed by atoms with E-state index < -0.39 is 62.0 Å². The summed E-state index contributed by atoms with van der Waals surface area (Å²) in [5.41, 5.74) is 0. The fraction of sp³-hybridized carbons (Fsp3) is 1.00. The smallest absolute Gasteiger partial charge is 0.111 e. The molecule has 0 aromatic carbocycles. The van der Waals surface area contributed by atoms with Crippen molar-refractivity contribution in [3.05, 3.63) is 0 Å². The first-order valence-electron chi connectivity index (χ1n) is 7.41. The zero-order valence-corrected chi connectivity index (χ0v) is 13.4. The minimum absolute atomic E-state index is 0.279. The van der Waals surface area contributed by atoms with Gasteiger partial charge in [-0.2, -0.15) is 0 Å². The van der Waals surface area contributed by atoms with Crippen LogP contribution in [0.3, 0.4) is 0 Å². The summed E-state index contributed by atoms with van der Waals surface area (Å²) in [6.07, 6.45) is -13.4. The molecule has 0 heterocycles. The molecule has 0 amide bonds. The molecule has 11 nitrogen and oxygen atoms in total. The van der Waals surface area contributed by atoms with Crippen molar-refractivity contribution in [3.8, 4) is 0 Å². The summed E-state index contributed by atoms with van der Waals surface area (Å²) in [6, 6.07) is 0. The van der Waals surface area contributed by atoms with Crippen LogP contribution < -0.4 is 0 Å². The lowest BCUT2D eigenvalue weighted by molar-refractivity contribution is -0.128. The molecule has 0 saturated carbocycles. The minimum atomic E-state index is -1.78. The van der Waals surface area contributed by atoms with Crippen molar-refractivity contribution >= 4 is 0 Å². The third-order valence-electron chi connectivity index (χ3n) is 3.65. The lowest BCUT2D eigenvalue weighted by atomic mass is 10.0. The van der Waals surface area contributed by atoms with Gasteiger partial charge in [-0.15, -0.1) is 0 Å². The highest BCUT2D eigenvalue weighted by Crippen LogP contribution is 2.09. The van der Waals surface area contributed by atoms with Crippen LogP contribution in [0.5, 0.6) is 0 Å². The van der Waals surface area contributed by atoms with Crippen LogP contribution in [0.15, 0.2) is 0 Å². The molecule has 11 heteroatoms. The first-order chi connectivity index (χ1) is 11.1. The average molecular weight is 359 g/mol. The van der Waals surface area contributed by atoms with E-state index in [9.17, 15) is 40.9 Å². The van der Waals surface area contributed by atoms with Crippen molar-refractivity contribution in [3.63, 3.8) is 0 Å². The number of nitrogens with zero attached hydrogens (tertiary/aromatic N) is 1. The number of hydrogen-bond acceptors (Lipinski definition) is 11. The zero-order valence-electron chi connectivity index (χ0n) is 13.4. The Hall–Kier alpha value is -0.440. The molecular weight excluding hydrogens is 330 g/mol. The molecule has 10 N–H and O–H groups in total. The molecule has 24 heavy (non-hydrogen) atoms. The summed E-state index contributed by atoms with van der Waals surface area (Å²) in [5, 5.41) is 93.6. The Morgan fingerprint density at radius 3 is 1.04 bits per heavy atom. The van der Waals surface area contributed by atoms with Gasteiger partial charge in [0.25, 0.3) is 0 Å². The van der Waals surface area contributed by atoms with Crippen molar-refractivity contribution in [1.29, 1.82) is 0 Å². The molecule has 0 rings (SSSR count). The summed E-state index contributed by atoms with van der Waals surface area (Å²) < 4.78 is 0. The van der Waals surface area contributed by atoms with Crippen molar-refractivity contribution in [2.24, 2.45) is 0 Å². The number of rotatable bonds is 12. The molecule has 0 aliphatic carbocycles. The van der Waals surface area contributed by atoms with Crippen molar-refractivity contribution < 1.29 is 51.1 Å². The fourth-order valence-corrected chi connectivity index (χ4v) is 2.06. The van der Waals surface area contributed by atoms with Gasteiger partial charge in [0.1, 0.15) is 36.6 Å². The third kappa shape index (κ3) is 7.21. The lowest BCUT2D eigenvalue weighted by Crippen LogP contribution is -2.52. The highest BCUT2D eigenvalue weighted by atomic mass is 16.4. The maximum Gasteiger partial charge on any atom is 0.111 e. The maximum atomic E-state index is 9.78. The van der Waals surface area contributed by atoms with Crippen LogP contribution >= 0.6 is 0 Å². The molecule has 0 unspecified atom stereocenters. The number of aliphatic hydroxyl groups excluding tert-OH is 10. The van der Waals surface area contributed by atoms with Gasteiger partial charge in [0.05, 0.1) is 25.4 Å². The van der Waals surface area contributed by atoms with Crippen molar-refractivity contribution in [2.45, 2.75) is 48.8 Å². The first-order valence-corrected chi connectivity index (χ1v) is 7.41. The highest BCUT2D eigenvalue weighted by molar-refractivity contribution is 4.85. The van der Waals surface area contributed by atoms with Crippen LogP contribution in [0, 0.1) is 0 Å². The van der Waals surface area contributed by atoms with E-state index >= 15 is 0 Å². The van der Waals surface area contributed by atoms with E-state index in [0.29, 0.717) is 0 Å². The summed E-state index contributed by atoms with van der Waals surface area (Å²) in [4.78, 5) is 1.26. The topological polar surface area (TPSA) is 206 Å². The predicted octanol–water partition coefficient (Wildman–Crippen LogP) is -6.21. The van der Waals surface area contributed by atoms with Crippen LogP contribution in [0.2, 0.25) is 0 Å². The van der Waals surface area contributed by atoms with E-state index in [4.69, 9.17) is 10.2 Å². The van der Waals surface area contributed by atoms with Crippen LogP contribution in [0.4, 0.5) is 0 Å². The molecule has 0 saturated heterocycles. The Balaban J connectivity index is 4.48. The second-order valence-corrected chi connectivity index (χ2v) is 5.82. The SMILES string of the molecule is CN(C[C@H](O)[C@@H](O)[C@H](O)[C@H](O)CO)C[C@H](O)[C@@H](O)[C@H](O)[C@H](O)CO. The molecular formula is C13H29NO10. The van der Waals surface area contributed by atoms with Crippen molar-refractivity contribution in [1.82, 2.24) is 4.90 Å². The molecule has 146 valence electrons. The Kier molecular flexibility index (Phi) is 11.0. The van der Waals surface area contributed by atoms with Gasteiger partial charge in [-0.05, 0) is 7.05 Å².